The van der Waals surface area contributed by atoms with Gasteiger partial charge in [-0.2, -0.15) is 0 Å². The maximum Gasteiger partial charge on any atom is 0.287 e. The van der Waals surface area contributed by atoms with Crippen LogP contribution in [0.15, 0.2) is 40.8 Å². The molecule has 0 spiro atoms. The first-order valence-electron chi connectivity index (χ1n) is 6.98. The molecule has 1 amide bonds. The zero-order chi connectivity index (χ0) is 15.6. The van der Waals surface area contributed by atoms with Gasteiger partial charge in [0.1, 0.15) is 11.6 Å². The number of nitrogens with one attached hydrogen (secondary N) is 1. The molecule has 2 aromatic rings. The summed E-state index contributed by atoms with van der Waals surface area (Å²) in [4.78, 5) is 12.1. The van der Waals surface area contributed by atoms with Crippen molar-refractivity contribution in [3.63, 3.8) is 0 Å². The van der Waals surface area contributed by atoms with Gasteiger partial charge in [-0.15, -0.1) is 0 Å². The molecular formula is C16H16FNO4. The third-order valence-electron chi connectivity index (χ3n) is 3.43. The summed E-state index contributed by atoms with van der Waals surface area (Å²) in [5, 5.41) is 2.71. The Bertz CT molecular complexity index is 659. The summed E-state index contributed by atoms with van der Waals surface area (Å²) in [5.41, 5.74) is 0.704. The first kappa shape index (κ1) is 14.7. The van der Waals surface area contributed by atoms with Gasteiger partial charge < -0.3 is 19.2 Å². The van der Waals surface area contributed by atoms with Crippen LogP contribution in [0, 0.1) is 5.82 Å². The van der Waals surface area contributed by atoms with Crippen LogP contribution in [0.1, 0.15) is 17.5 Å². The van der Waals surface area contributed by atoms with Gasteiger partial charge >= 0.3 is 0 Å². The number of benzene rings is 1. The van der Waals surface area contributed by atoms with E-state index in [-0.39, 0.29) is 24.0 Å². The minimum absolute atomic E-state index is 0.181. The summed E-state index contributed by atoms with van der Waals surface area (Å²) >= 11 is 0. The van der Waals surface area contributed by atoms with Gasteiger partial charge in [0.2, 0.25) is 0 Å². The smallest absolute Gasteiger partial charge is 0.287 e. The van der Waals surface area contributed by atoms with E-state index in [0.29, 0.717) is 24.5 Å². The molecule has 1 fully saturated rings. The van der Waals surface area contributed by atoms with Crippen LogP contribution < -0.4 is 5.32 Å². The minimum atomic E-state index is -0.790. The fraction of sp³-hybridized carbons (Fsp3) is 0.312. The largest absolute Gasteiger partial charge is 0.451 e. The van der Waals surface area contributed by atoms with E-state index in [1.807, 2.05) is 0 Å². The van der Waals surface area contributed by atoms with Crippen molar-refractivity contribution in [2.75, 3.05) is 19.8 Å². The van der Waals surface area contributed by atoms with E-state index >= 15 is 0 Å². The van der Waals surface area contributed by atoms with E-state index in [1.54, 1.807) is 31.2 Å². The standard InChI is InChI=1S/C16H16FNO4/c1-16(20-8-9-21-16)10-18-15(19)14-7-6-13(22-14)11-2-4-12(17)5-3-11/h2-7H,8-10H2,1H3,(H,18,19). The van der Waals surface area contributed by atoms with E-state index in [1.165, 1.54) is 12.1 Å². The predicted octanol–water partition coefficient (Wildman–Crippen LogP) is 2.58. The average molecular weight is 305 g/mol. The molecule has 0 atom stereocenters. The third-order valence-corrected chi connectivity index (χ3v) is 3.43. The monoisotopic (exact) mass is 305 g/mol. The molecule has 0 saturated carbocycles. The summed E-state index contributed by atoms with van der Waals surface area (Å²) in [6.07, 6.45) is 0. The Morgan fingerprint density at radius 3 is 2.55 bits per heavy atom. The van der Waals surface area contributed by atoms with Gasteiger partial charge in [-0.25, -0.2) is 4.39 Å². The first-order valence-corrected chi connectivity index (χ1v) is 6.98. The highest BCUT2D eigenvalue weighted by atomic mass is 19.1. The Kier molecular flexibility index (Phi) is 3.96. The quantitative estimate of drug-likeness (QED) is 0.943. The van der Waals surface area contributed by atoms with Crippen LogP contribution in [0.3, 0.4) is 0 Å². The molecule has 22 heavy (non-hydrogen) atoms. The zero-order valence-electron chi connectivity index (χ0n) is 12.1. The van der Waals surface area contributed by atoms with Crippen molar-refractivity contribution >= 4 is 5.91 Å². The van der Waals surface area contributed by atoms with Crippen molar-refractivity contribution in [1.82, 2.24) is 5.32 Å². The van der Waals surface area contributed by atoms with Crippen LogP contribution in [-0.2, 0) is 9.47 Å². The van der Waals surface area contributed by atoms with Crippen LogP contribution in [0.4, 0.5) is 4.39 Å². The number of carbonyl (C=O) groups is 1. The molecule has 1 aliphatic rings. The average Bonchev–Trinajstić information content (AvgIpc) is 3.15. The lowest BCUT2D eigenvalue weighted by Crippen LogP contribution is -2.41. The summed E-state index contributed by atoms with van der Waals surface area (Å²) in [7, 11) is 0. The highest BCUT2D eigenvalue weighted by molar-refractivity contribution is 5.92. The molecule has 116 valence electrons. The second-order valence-corrected chi connectivity index (χ2v) is 5.18. The number of ether oxygens (including phenoxy) is 2. The molecule has 0 unspecified atom stereocenters. The molecule has 2 heterocycles. The summed E-state index contributed by atoms with van der Waals surface area (Å²) in [5.74, 6) is -0.778. The molecular weight excluding hydrogens is 289 g/mol. The molecule has 1 aliphatic heterocycles. The molecule has 6 heteroatoms. The van der Waals surface area contributed by atoms with E-state index in [9.17, 15) is 9.18 Å². The summed E-state index contributed by atoms with van der Waals surface area (Å²) in [6, 6.07) is 9.12. The molecule has 1 aromatic carbocycles. The van der Waals surface area contributed by atoms with Crippen molar-refractivity contribution in [2.24, 2.45) is 0 Å². The van der Waals surface area contributed by atoms with Gasteiger partial charge in [0.25, 0.3) is 5.91 Å². The van der Waals surface area contributed by atoms with Gasteiger partial charge in [0.15, 0.2) is 11.5 Å². The first-order chi connectivity index (χ1) is 10.6. The highest BCUT2D eigenvalue weighted by Crippen LogP contribution is 2.23. The van der Waals surface area contributed by atoms with E-state index in [2.05, 4.69) is 5.32 Å². The third kappa shape index (κ3) is 3.18. The van der Waals surface area contributed by atoms with Crippen molar-refractivity contribution in [1.29, 1.82) is 0 Å². The zero-order valence-corrected chi connectivity index (χ0v) is 12.1. The van der Waals surface area contributed by atoms with Crippen molar-refractivity contribution in [3.05, 3.63) is 48.0 Å². The normalized spacial score (nSPS) is 16.6. The van der Waals surface area contributed by atoms with Gasteiger partial charge in [-0.05, 0) is 43.3 Å². The highest BCUT2D eigenvalue weighted by Gasteiger charge is 2.31. The maximum atomic E-state index is 12.9. The minimum Gasteiger partial charge on any atom is -0.451 e. The fourth-order valence-electron chi connectivity index (χ4n) is 2.22. The number of furan rings is 1. The Hall–Kier alpha value is -2.18. The van der Waals surface area contributed by atoms with Gasteiger partial charge in [-0.1, -0.05) is 0 Å². The van der Waals surface area contributed by atoms with Crippen LogP contribution in [0.2, 0.25) is 0 Å². The van der Waals surface area contributed by atoms with Crippen LogP contribution in [-0.4, -0.2) is 31.5 Å². The van der Waals surface area contributed by atoms with Crippen molar-refractivity contribution < 1.29 is 23.1 Å². The lowest BCUT2D eigenvalue weighted by Gasteiger charge is -2.22. The molecule has 0 bridgehead atoms. The number of halogens is 1. The Morgan fingerprint density at radius 1 is 1.18 bits per heavy atom. The Balaban J connectivity index is 1.65. The number of amides is 1. The van der Waals surface area contributed by atoms with Crippen LogP contribution in [0.5, 0.6) is 0 Å². The van der Waals surface area contributed by atoms with Gasteiger partial charge in [-0.3, -0.25) is 4.79 Å². The van der Waals surface area contributed by atoms with Crippen LogP contribution >= 0.6 is 0 Å². The summed E-state index contributed by atoms with van der Waals surface area (Å²) in [6.45, 7) is 3.04. The van der Waals surface area contributed by atoms with Gasteiger partial charge in [0, 0.05) is 5.56 Å². The predicted molar refractivity (Wildman–Crippen MR) is 76.7 cm³/mol. The molecule has 0 radical (unpaired) electrons. The lowest BCUT2D eigenvalue weighted by atomic mass is 10.2. The van der Waals surface area contributed by atoms with Crippen molar-refractivity contribution in [2.45, 2.75) is 12.7 Å². The molecule has 1 N–H and O–H groups in total. The van der Waals surface area contributed by atoms with Crippen molar-refractivity contribution in [3.8, 4) is 11.3 Å². The topological polar surface area (TPSA) is 60.7 Å². The molecule has 3 rings (SSSR count). The molecule has 1 saturated heterocycles. The SMILES string of the molecule is CC1(CNC(=O)c2ccc(-c3ccc(F)cc3)o2)OCCO1. The Morgan fingerprint density at radius 2 is 1.86 bits per heavy atom. The fourth-order valence-corrected chi connectivity index (χ4v) is 2.22. The van der Waals surface area contributed by atoms with Crippen LogP contribution in [0.25, 0.3) is 11.3 Å². The maximum absolute atomic E-state index is 12.9. The number of carbonyl (C=O) groups excluding carboxylic acids is 1. The lowest BCUT2D eigenvalue weighted by molar-refractivity contribution is -0.136. The van der Waals surface area contributed by atoms with E-state index in [0.717, 1.165) is 0 Å². The number of hydrogen-bond donors (Lipinski definition) is 1. The molecule has 0 aliphatic carbocycles. The second-order valence-electron chi connectivity index (χ2n) is 5.18. The van der Waals surface area contributed by atoms with Gasteiger partial charge in [0.05, 0.1) is 19.8 Å². The van der Waals surface area contributed by atoms with E-state index < -0.39 is 5.79 Å². The summed E-state index contributed by atoms with van der Waals surface area (Å²) < 4.78 is 29.2. The number of rotatable bonds is 4. The second kappa shape index (κ2) is 5.90. The molecule has 5 nitrogen and oxygen atoms in total. The van der Waals surface area contributed by atoms with E-state index in [4.69, 9.17) is 13.9 Å². The number of hydrogen-bond acceptors (Lipinski definition) is 4. The Labute approximate surface area is 127 Å². The molecule has 1 aromatic heterocycles.